The van der Waals surface area contributed by atoms with E-state index in [-0.39, 0.29) is 0 Å². The van der Waals surface area contributed by atoms with E-state index in [2.05, 4.69) is 0 Å². The zero-order chi connectivity index (χ0) is 10.2. The monoisotopic (exact) mass is 189 g/mol. The smallest absolute Gasteiger partial charge is 0.154 e. The molecule has 0 aromatic carbocycles. The van der Waals surface area contributed by atoms with Gasteiger partial charge in [-0.25, -0.2) is 8.42 Å². The fourth-order valence-electron chi connectivity index (χ4n) is 0.598. The van der Waals surface area contributed by atoms with Gasteiger partial charge in [-0.1, -0.05) is 0 Å². The van der Waals surface area contributed by atoms with E-state index in [4.69, 9.17) is 5.26 Å². The van der Waals surface area contributed by atoms with Crippen molar-refractivity contribution < 1.29 is 8.42 Å². The summed E-state index contributed by atoms with van der Waals surface area (Å²) in [6.45, 7) is 6.42. The molecule has 0 rings (SSSR count). The van der Waals surface area contributed by atoms with Crippen molar-refractivity contribution in [2.75, 3.05) is 6.26 Å². The van der Waals surface area contributed by atoms with Gasteiger partial charge in [-0.15, -0.1) is 0 Å². The van der Waals surface area contributed by atoms with Crippen LogP contribution in [-0.4, -0.2) is 19.4 Å². The lowest BCUT2D eigenvalue weighted by Crippen LogP contribution is -2.44. The van der Waals surface area contributed by atoms with Crippen molar-refractivity contribution in [1.29, 1.82) is 5.26 Å². The van der Waals surface area contributed by atoms with Gasteiger partial charge in [-0.2, -0.15) is 5.26 Å². The van der Waals surface area contributed by atoms with Crippen LogP contribution in [-0.2, 0) is 9.84 Å². The zero-order valence-corrected chi connectivity index (χ0v) is 8.99. The molecule has 0 radical (unpaired) electrons. The summed E-state index contributed by atoms with van der Waals surface area (Å²) in [4.78, 5) is 0. The van der Waals surface area contributed by atoms with Gasteiger partial charge in [0.2, 0.25) is 0 Å². The fraction of sp³-hybridized carbons (Fsp3) is 0.875. The van der Waals surface area contributed by atoms with E-state index in [1.807, 2.05) is 6.07 Å². The Kier molecular flexibility index (Phi) is 2.61. The maximum atomic E-state index is 11.3. The summed E-state index contributed by atoms with van der Waals surface area (Å²) < 4.78 is 21.6. The van der Waals surface area contributed by atoms with E-state index in [1.165, 1.54) is 0 Å². The Bertz CT molecular complexity index is 306. The highest BCUT2D eigenvalue weighted by Gasteiger charge is 2.45. The molecule has 0 aliphatic rings. The Balaban J connectivity index is 5.32. The van der Waals surface area contributed by atoms with Crippen molar-refractivity contribution in [3.63, 3.8) is 0 Å². The number of nitriles is 1. The summed E-state index contributed by atoms with van der Waals surface area (Å²) in [5.74, 6) is 0. The maximum Gasteiger partial charge on any atom is 0.154 e. The van der Waals surface area contributed by atoms with Crippen molar-refractivity contribution in [3.05, 3.63) is 0 Å². The maximum absolute atomic E-state index is 11.3. The quantitative estimate of drug-likeness (QED) is 0.659. The van der Waals surface area contributed by atoms with Gasteiger partial charge < -0.3 is 0 Å². The molecule has 0 atom stereocenters. The first-order valence-electron chi connectivity index (χ1n) is 3.67. The van der Waals surface area contributed by atoms with Crippen LogP contribution in [0.4, 0.5) is 0 Å². The number of hydrogen-bond acceptors (Lipinski definition) is 3. The van der Waals surface area contributed by atoms with Gasteiger partial charge >= 0.3 is 0 Å². The second kappa shape index (κ2) is 2.74. The Hall–Kier alpha value is -0.560. The Morgan fingerprint density at radius 1 is 1.17 bits per heavy atom. The van der Waals surface area contributed by atoms with E-state index in [1.54, 1.807) is 27.7 Å². The molecule has 0 amide bonds. The summed E-state index contributed by atoms with van der Waals surface area (Å²) in [6, 6.07) is 2.01. The van der Waals surface area contributed by atoms with Crippen molar-refractivity contribution >= 4 is 9.84 Å². The predicted molar refractivity (Wildman–Crippen MR) is 48.3 cm³/mol. The fourth-order valence-corrected chi connectivity index (χ4v) is 1.57. The molecule has 0 bridgehead atoms. The number of rotatable bonds is 2. The second-order valence-corrected chi connectivity index (χ2v) is 6.58. The van der Waals surface area contributed by atoms with Crippen LogP contribution in [0, 0.1) is 16.7 Å². The molecule has 0 unspecified atom stereocenters. The number of nitrogens with zero attached hydrogens (tertiary/aromatic N) is 1. The highest BCUT2D eigenvalue weighted by molar-refractivity contribution is 7.92. The molecule has 0 aliphatic carbocycles. The Morgan fingerprint density at radius 2 is 1.50 bits per heavy atom. The molecule has 0 saturated heterocycles. The molecule has 0 N–H and O–H groups in total. The third-order valence-electron chi connectivity index (χ3n) is 2.71. The molecule has 0 fully saturated rings. The van der Waals surface area contributed by atoms with E-state index >= 15 is 0 Å². The number of sulfone groups is 1. The predicted octanol–water partition coefficient (Wildman–Crippen LogP) is 1.36. The Morgan fingerprint density at radius 3 is 1.58 bits per heavy atom. The SMILES string of the molecule is CC(C)(C#N)C(C)(C)S(C)(=O)=O. The van der Waals surface area contributed by atoms with Gasteiger partial charge in [-0.05, 0) is 27.7 Å². The molecule has 3 nitrogen and oxygen atoms in total. The summed E-state index contributed by atoms with van der Waals surface area (Å²) in [5, 5.41) is 8.78. The molecule has 0 aliphatic heterocycles. The normalized spacial score (nSPS) is 14.0. The first-order valence-corrected chi connectivity index (χ1v) is 5.56. The summed E-state index contributed by atoms with van der Waals surface area (Å²) in [5.41, 5.74) is -0.861. The zero-order valence-electron chi connectivity index (χ0n) is 8.17. The molecular formula is C8H15NO2S. The van der Waals surface area contributed by atoms with Crippen LogP contribution in [0.5, 0.6) is 0 Å². The van der Waals surface area contributed by atoms with Crippen molar-refractivity contribution in [2.45, 2.75) is 32.4 Å². The van der Waals surface area contributed by atoms with E-state index in [9.17, 15) is 8.42 Å². The van der Waals surface area contributed by atoms with Crippen LogP contribution >= 0.6 is 0 Å². The third-order valence-corrected chi connectivity index (χ3v) is 5.08. The van der Waals surface area contributed by atoms with Gasteiger partial charge in [0.05, 0.1) is 16.2 Å². The minimum absolute atomic E-state index is 0.861. The molecule has 0 aromatic rings. The third kappa shape index (κ3) is 1.61. The molecule has 4 heteroatoms. The lowest BCUT2D eigenvalue weighted by atomic mass is 9.82. The largest absolute Gasteiger partial charge is 0.229 e. The summed E-state index contributed by atoms with van der Waals surface area (Å²) >= 11 is 0. The van der Waals surface area contributed by atoms with Crippen molar-refractivity contribution in [2.24, 2.45) is 5.41 Å². The molecule has 0 heterocycles. The lowest BCUT2D eigenvalue weighted by Gasteiger charge is -2.33. The lowest BCUT2D eigenvalue weighted by molar-refractivity contribution is 0.362. The van der Waals surface area contributed by atoms with Gasteiger partial charge in [0.25, 0.3) is 0 Å². The van der Waals surface area contributed by atoms with E-state index in [0.29, 0.717) is 0 Å². The topological polar surface area (TPSA) is 57.9 Å². The summed E-state index contributed by atoms with van der Waals surface area (Å²) in [7, 11) is -3.19. The van der Waals surface area contributed by atoms with Crippen LogP contribution in [0.3, 0.4) is 0 Å². The molecule has 12 heavy (non-hydrogen) atoms. The van der Waals surface area contributed by atoms with Crippen LogP contribution in [0.25, 0.3) is 0 Å². The first-order chi connectivity index (χ1) is 5.06. The second-order valence-electron chi connectivity index (χ2n) is 4.02. The minimum atomic E-state index is -3.19. The van der Waals surface area contributed by atoms with E-state index < -0.39 is 20.0 Å². The molecule has 70 valence electrons. The standard InChI is InChI=1S/C8H15NO2S/c1-7(2,6-9)8(3,4)12(5,10)11/h1-5H3. The highest BCUT2D eigenvalue weighted by atomic mass is 32.2. The van der Waals surface area contributed by atoms with Crippen LogP contribution < -0.4 is 0 Å². The van der Waals surface area contributed by atoms with Gasteiger partial charge in [-0.3, -0.25) is 0 Å². The average molecular weight is 189 g/mol. The van der Waals surface area contributed by atoms with Crippen LogP contribution in [0.2, 0.25) is 0 Å². The van der Waals surface area contributed by atoms with Crippen LogP contribution in [0.1, 0.15) is 27.7 Å². The molecule has 0 saturated carbocycles. The molecular weight excluding hydrogens is 174 g/mol. The highest BCUT2D eigenvalue weighted by Crippen LogP contribution is 2.35. The van der Waals surface area contributed by atoms with Crippen molar-refractivity contribution in [1.82, 2.24) is 0 Å². The van der Waals surface area contributed by atoms with Crippen molar-refractivity contribution in [3.8, 4) is 6.07 Å². The average Bonchev–Trinajstić information content (AvgIpc) is 1.85. The molecule has 0 aromatic heterocycles. The minimum Gasteiger partial charge on any atom is -0.229 e. The van der Waals surface area contributed by atoms with E-state index in [0.717, 1.165) is 6.26 Å². The number of hydrogen-bond donors (Lipinski definition) is 0. The van der Waals surface area contributed by atoms with Gasteiger partial charge in [0.15, 0.2) is 9.84 Å². The first kappa shape index (κ1) is 11.4. The van der Waals surface area contributed by atoms with Crippen LogP contribution in [0.15, 0.2) is 0 Å². The molecule has 0 spiro atoms. The Labute approximate surface area is 74.3 Å². The van der Waals surface area contributed by atoms with Gasteiger partial charge in [0.1, 0.15) is 0 Å². The van der Waals surface area contributed by atoms with Gasteiger partial charge in [0, 0.05) is 6.26 Å². The summed E-state index contributed by atoms with van der Waals surface area (Å²) in [6.07, 6.45) is 1.16.